The van der Waals surface area contributed by atoms with E-state index in [1.807, 2.05) is 6.07 Å². The molecule has 12 aromatic carbocycles. The summed E-state index contributed by atoms with van der Waals surface area (Å²) in [5.41, 5.74) is 21.2. The van der Waals surface area contributed by atoms with Crippen LogP contribution in [0.3, 0.4) is 0 Å². The van der Waals surface area contributed by atoms with Gasteiger partial charge in [-0.25, -0.2) is 0 Å². The smallest absolute Gasteiger partial charge is 0.159 e. The number of hydrogen-bond donors (Lipinski definition) is 1. The van der Waals surface area contributed by atoms with E-state index in [0.717, 1.165) is 96.2 Å². The molecule has 0 spiro atoms. The van der Waals surface area contributed by atoms with Gasteiger partial charge in [-0.2, -0.15) is 0 Å². The zero-order valence-corrected chi connectivity index (χ0v) is 45.4. The normalized spacial score (nSPS) is 11.8. The summed E-state index contributed by atoms with van der Waals surface area (Å²) >= 11 is 0. The molecule has 0 unspecified atom stereocenters. The van der Waals surface area contributed by atoms with Crippen LogP contribution in [0.2, 0.25) is 0 Å². The van der Waals surface area contributed by atoms with Gasteiger partial charge in [0.2, 0.25) is 0 Å². The van der Waals surface area contributed by atoms with E-state index in [1.165, 1.54) is 66.1 Å². The molecule has 4 nitrogen and oxygen atoms in total. The fourth-order valence-electron chi connectivity index (χ4n) is 12.4. The molecule has 13 aromatic rings. The van der Waals surface area contributed by atoms with E-state index in [0.29, 0.717) is 5.69 Å². The molecular formula is C74H62N2O2. The summed E-state index contributed by atoms with van der Waals surface area (Å²) in [7, 11) is 0. The van der Waals surface area contributed by atoms with Gasteiger partial charge in [0.15, 0.2) is 5.58 Å². The molecule has 0 bridgehead atoms. The number of aromatic hydroxyl groups is 1. The van der Waals surface area contributed by atoms with Crippen molar-refractivity contribution >= 4 is 88.4 Å². The van der Waals surface area contributed by atoms with Crippen LogP contribution >= 0.6 is 0 Å². The minimum absolute atomic E-state index is 0.186. The number of para-hydroxylation sites is 3. The minimum atomic E-state index is 0.186. The minimum Gasteiger partial charge on any atom is -0.505 e. The lowest BCUT2D eigenvalue weighted by molar-refractivity contribution is 0.478. The van der Waals surface area contributed by atoms with E-state index in [1.54, 1.807) is 0 Å². The van der Waals surface area contributed by atoms with Crippen LogP contribution in [-0.4, -0.2) is 5.11 Å². The van der Waals surface area contributed by atoms with E-state index in [9.17, 15) is 5.11 Å². The topological polar surface area (TPSA) is 39.9 Å². The lowest BCUT2D eigenvalue weighted by atomic mass is 9.85. The maximum absolute atomic E-state index is 12.9. The van der Waals surface area contributed by atoms with Crippen molar-refractivity contribution in [2.24, 2.45) is 0 Å². The number of anilines is 6. The number of phenols is 1. The molecular weight excluding hydrogens is 949 g/mol. The second kappa shape index (κ2) is 19.5. The summed E-state index contributed by atoms with van der Waals surface area (Å²) in [6.07, 6.45) is 1.88. The molecule has 0 amide bonds. The fraction of sp³-hybridized carbons (Fsp3) is 0.135. The summed E-state index contributed by atoms with van der Waals surface area (Å²) in [4.78, 5) is 4.72. The van der Waals surface area contributed by atoms with Crippen molar-refractivity contribution in [2.75, 3.05) is 9.80 Å². The second-order valence-corrected chi connectivity index (χ2v) is 21.5. The van der Waals surface area contributed by atoms with Crippen LogP contribution in [-0.2, 0) is 12.8 Å². The highest BCUT2D eigenvalue weighted by molar-refractivity contribution is 6.30. The van der Waals surface area contributed by atoms with Gasteiger partial charge in [-0.1, -0.05) is 191 Å². The van der Waals surface area contributed by atoms with Gasteiger partial charge in [0.05, 0.1) is 22.7 Å². The Morgan fingerprint density at radius 3 is 1.68 bits per heavy atom. The molecule has 380 valence electrons. The van der Waals surface area contributed by atoms with Crippen LogP contribution in [0.4, 0.5) is 34.1 Å². The largest absolute Gasteiger partial charge is 0.505 e. The van der Waals surface area contributed by atoms with Crippen LogP contribution in [0.5, 0.6) is 5.75 Å². The summed E-state index contributed by atoms with van der Waals surface area (Å²) in [6, 6.07) is 76.9. The number of hydrogen-bond acceptors (Lipinski definition) is 4. The Balaban J connectivity index is 1.06. The Morgan fingerprint density at radius 2 is 0.962 bits per heavy atom. The maximum atomic E-state index is 12.9. The number of fused-ring (bicyclic) bond motifs is 3. The van der Waals surface area contributed by atoms with Crippen LogP contribution in [0, 0.1) is 20.8 Å². The zero-order valence-electron chi connectivity index (χ0n) is 45.4. The molecule has 0 aliphatic carbocycles. The zero-order chi connectivity index (χ0) is 53.3. The van der Waals surface area contributed by atoms with Gasteiger partial charge in [0.1, 0.15) is 11.3 Å². The number of aryl methyl sites for hydroxylation is 5. The molecule has 0 saturated carbocycles. The quantitative estimate of drug-likeness (QED) is 0.124. The molecule has 13 rings (SSSR count). The lowest BCUT2D eigenvalue weighted by Gasteiger charge is -2.31. The van der Waals surface area contributed by atoms with E-state index < -0.39 is 0 Å². The van der Waals surface area contributed by atoms with Crippen molar-refractivity contribution in [3.05, 3.63) is 246 Å². The molecule has 4 heteroatoms. The molecule has 0 atom stereocenters. The standard InChI is InChI=1S/C74H62N2O2/c1-8-49-32-36-54(37-33-49)76(67-29-17-27-62-61-26-15-25-60(73(61)78-74(62)67)57-23-13-11-19-50(57)9-2)68-42-48(7)56-38-40-64-69(44-65(45(3)4)59-39-41-63(68)70(56)71(59)64)75(53-34-30-46(5)31-35-53)66-28-16-24-58(72(66)77)52-21-14-20-51(43-52)55-22-12-10-18-47(55)6/h10-45,77H,8-9H2,1-7H3. The van der Waals surface area contributed by atoms with Gasteiger partial charge < -0.3 is 19.3 Å². The summed E-state index contributed by atoms with van der Waals surface area (Å²) in [5, 5.41) is 22.2. The predicted octanol–water partition coefficient (Wildman–Crippen LogP) is 21.3. The highest BCUT2D eigenvalue weighted by Gasteiger charge is 2.28. The van der Waals surface area contributed by atoms with Crippen molar-refractivity contribution < 1.29 is 9.52 Å². The first-order valence-corrected chi connectivity index (χ1v) is 27.6. The third-order valence-electron chi connectivity index (χ3n) is 16.4. The first-order valence-electron chi connectivity index (χ1n) is 27.6. The molecule has 0 fully saturated rings. The maximum Gasteiger partial charge on any atom is 0.159 e. The molecule has 0 aliphatic rings. The van der Waals surface area contributed by atoms with Crippen molar-refractivity contribution in [1.82, 2.24) is 0 Å². The summed E-state index contributed by atoms with van der Waals surface area (Å²) < 4.78 is 7.28. The highest BCUT2D eigenvalue weighted by Crippen LogP contribution is 2.53. The Bertz CT molecular complexity index is 4430. The fourth-order valence-corrected chi connectivity index (χ4v) is 12.4. The van der Waals surface area contributed by atoms with Crippen LogP contribution in [0.1, 0.15) is 67.0 Å². The lowest BCUT2D eigenvalue weighted by Crippen LogP contribution is -2.13. The number of nitrogens with zero attached hydrogens (tertiary/aromatic N) is 2. The monoisotopic (exact) mass is 1010 g/mol. The molecule has 0 radical (unpaired) electrons. The van der Waals surface area contributed by atoms with Crippen molar-refractivity contribution in [1.29, 1.82) is 0 Å². The molecule has 1 heterocycles. The Labute approximate surface area is 457 Å². The van der Waals surface area contributed by atoms with Gasteiger partial charge in [0.25, 0.3) is 0 Å². The van der Waals surface area contributed by atoms with Crippen LogP contribution in [0.25, 0.3) is 87.6 Å². The number of furan rings is 1. The Kier molecular flexibility index (Phi) is 12.1. The first-order chi connectivity index (χ1) is 38.1. The second-order valence-electron chi connectivity index (χ2n) is 21.5. The predicted molar refractivity (Wildman–Crippen MR) is 332 cm³/mol. The van der Waals surface area contributed by atoms with Gasteiger partial charge in [-0.15, -0.1) is 0 Å². The Morgan fingerprint density at radius 1 is 0.410 bits per heavy atom. The van der Waals surface area contributed by atoms with Crippen LogP contribution in [0.15, 0.2) is 217 Å². The van der Waals surface area contributed by atoms with Crippen molar-refractivity contribution in [2.45, 2.75) is 67.2 Å². The SMILES string of the molecule is CCc1ccc(N(c2cc(C)c3ccc4c(N(c5ccc(C)cc5)c5cccc(-c6cccc(-c7ccccc7C)c6)c5O)cc(C(C)C)c5ccc2c3c54)c2cccc3c2oc2c(-c4ccccc4CC)cccc23)cc1. The first kappa shape index (κ1) is 48.5. The average Bonchev–Trinajstić information content (AvgIpc) is 3.94. The summed E-state index contributed by atoms with van der Waals surface area (Å²) in [6.45, 7) is 15.6. The Hall–Kier alpha value is -9.12. The number of benzene rings is 12. The number of rotatable bonds is 12. The third-order valence-corrected chi connectivity index (χ3v) is 16.4. The van der Waals surface area contributed by atoms with Crippen LogP contribution < -0.4 is 9.80 Å². The van der Waals surface area contributed by atoms with Crippen molar-refractivity contribution in [3.63, 3.8) is 0 Å². The highest BCUT2D eigenvalue weighted by atomic mass is 16.3. The molecule has 0 aliphatic heterocycles. The molecule has 1 aromatic heterocycles. The van der Waals surface area contributed by atoms with Gasteiger partial charge in [-0.05, 0) is 166 Å². The van der Waals surface area contributed by atoms with E-state index >= 15 is 0 Å². The van der Waals surface area contributed by atoms with Gasteiger partial charge >= 0.3 is 0 Å². The van der Waals surface area contributed by atoms with E-state index in [4.69, 9.17) is 4.42 Å². The average molecular weight is 1010 g/mol. The van der Waals surface area contributed by atoms with Crippen molar-refractivity contribution in [3.8, 4) is 39.1 Å². The van der Waals surface area contributed by atoms with E-state index in [2.05, 4.69) is 265 Å². The number of phenolic OH excluding ortho intramolecular Hbond substituents is 1. The third kappa shape index (κ3) is 7.97. The van der Waals surface area contributed by atoms with Gasteiger partial charge in [0, 0.05) is 44.0 Å². The molecule has 1 N–H and O–H groups in total. The summed E-state index contributed by atoms with van der Waals surface area (Å²) in [5.74, 6) is 0.410. The molecule has 78 heavy (non-hydrogen) atoms. The van der Waals surface area contributed by atoms with E-state index in [-0.39, 0.29) is 11.7 Å². The van der Waals surface area contributed by atoms with Gasteiger partial charge in [-0.3, -0.25) is 0 Å². The molecule has 0 saturated heterocycles.